The molecule has 0 unspecified atom stereocenters. The van der Waals surface area contributed by atoms with E-state index < -0.39 is 0 Å². The summed E-state index contributed by atoms with van der Waals surface area (Å²) < 4.78 is 5.58. The minimum absolute atomic E-state index is 0.188. The fraction of sp³-hybridized carbons (Fsp3) is 0.222. The molecule has 0 spiro atoms. The minimum Gasteiger partial charge on any atom is -0.431 e. The molecular weight excluding hydrogens is 304 g/mol. The van der Waals surface area contributed by atoms with Crippen LogP contribution in [-0.4, -0.2) is 20.9 Å². The molecule has 1 aromatic carbocycles. The molecular formula is C18H16N4O2. The Kier molecular flexibility index (Phi) is 3.78. The summed E-state index contributed by atoms with van der Waals surface area (Å²) in [6, 6.07) is 8.18. The first-order valence-electron chi connectivity index (χ1n) is 7.88. The van der Waals surface area contributed by atoms with Crippen molar-refractivity contribution in [2.75, 3.05) is 0 Å². The number of nitrogens with one attached hydrogen (secondary N) is 1. The molecule has 2 heterocycles. The zero-order chi connectivity index (χ0) is 16.4. The van der Waals surface area contributed by atoms with Crippen molar-refractivity contribution in [2.24, 2.45) is 0 Å². The summed E-state index contributed by atoms with van der Waals surface area (Å²) in [7, 11) is 0. The fourth-order valence-corrected chi connectivity index (χ4v) is 2.52. The Morgan fingerprint density at radius 1 is 1.12 bits per heavy atom. The van der Waals surface area contributed by atoms with Gasteiger partial charge in [0, 0.05) is 30.1 Å². The van der Waals surface area contributed by atoms with Crippen molar-refractivity contribution in [2.45, 2.75) is 25.3 Å². The average molecular weight is 320 g/mol. The molecule has 4 rings (SSSR count). The lowest BCUT2D eigenvalue weighted by molar-refractivity contribution is 0.0924. The van der Waals surface area contributed by atoms with Crippen molar-refractivity contribution in [3.05, 3.63) is 66.1 Å². The van der Waals surface area contributed by atoms with Gasteiger partial charge < -0.3 is 9.73 Å². The molecule has 120 valence electrons. The molecule has 1 aliphatic carbocycles. The maximum Gasteiger partial charge on any atom is 0.288 e. The van der Waals surface area contributed by atoms with Crippen molar-refractivity contribution in [3.8, 4) is 11.5 Å². The number of rotatable bonds is 5. The number of oxazole rings is 1. The van der Waals surface area contributed by atoms with Gasteiger partial charge in [0.05, 0.1) is 6.20 Å². The highest BCUT2D eigenvalue weighted by molar-refractivity contribution is 5.91. The zero-order valence-corrected chi connectivity index (χ0v) is 13.0. The smallest absolute Gasteiger partial charge is 0.288 e. The summed E-state index contributed by atoms with van der Waals surface area (Å²) in [6.07, 6.45) is 8.74. The summed E-state index contributed by atoms with van der Waals surface area (Å²) >= 11 is 0. The zero-order valence-electron chi connectivity index (χ0n) is 13.0. The number of aromatic nitrogens is 3. The van der Waals surface area contributed by atoms with Gasteiger partial charge in [-0.3, -0.25) is 4.79 Å². The van der Waals surface area contributed by atoms with Crippen LogP contribution in [0.4, 0.5) is 0 Å². The van der Waals surface area contributed by atoms with Crippen molar-refractivity contribution >= 4 is 5.91 Å². The van der Waals surface area contributed by atoms with E-state index in [0.29, 0.717) is 18.4 Å². The van der Waals surface area contributed by atoms with Gasteiger partial charge in [0.2, 0.25) is 11.7 Å². The van der Waals surface area contributed by atoms with Crippen LogP contribution in [-0.2, 0) is 6.54 Å². The number of hydrogen-bond acceptors (Lipinski definition) is 5. The highest BCUT2D eigenvalue weighted by Crippen LogP contribution is 2.40. The molecule has 1 saturated carbocycles. The van der Waals surface area contributed by atoms with Gasteiger partial charge in [-0.25, -0.2) is 15.0 Å². The van der Waals surface area contributed by atoms with Crippen LogP contribution in [0.25, 0.3) is 11.5 Å². The minimum atomic E-state index is -0.313. The molecule has 1 aliphatic rings. The number of amides is 1. The van der Waals surface area contributed by atoms with E-state index in [9.17, 15) is 4.79 Å². The van der Waals surface area contributed by atoms with E-state index in [1.54, 1.807) is 12.4 Å². The van der Waals surface area contributed by atoms with Crippen LogP contribution in [0.15, 0.2) is 53.6 Å². The van der Waals surface area contributed by atoms with Gasteiger partial charge in [0.1, 0.15) is 6.33 Å². The summed E-state index contributed by atoms with van der Waals surface area (Å²) in [6.45, 7) is 0.339. The Morgan fingerprint density at radius 3 is 2.58 bits per heavy atom. The van der Waals surface area contributed by atoms with E-state index in [0.717, 1.165) is 11.1 Å². The molecule has 24 heavy (non-hydrogen) atoms. The van der Waals surface area contributed by atoms with Crippen molar-refractivity contribution < 1.29 is 9.21 Å². The van der Waals surface area contributed by atoms with Gasteiger partial charge in [-0.2, -0.15) is 0 Å². The van der Waals surface area contributed by atoms with Crippen LogP contribution in [0, 0.1) is 0 Å². The molecule has 1 amide bonds. The predicted octanol–water partition coefficient (Wildman–Crippen LogP) is 2.94. The Hall–Kier alpha value is -3.02. The standard InChI is InChI=1S/C18H16N4O2/c23-17(21-9-12-7-19-11-20-8-12)16-10-22-18(24-16)15-5-3-14(4-6-15)13-1-2-13/h3-8,10-11,13H,1-2,9H2,(H,21,23). The second-order valence-corrected chi connectivity index (χ2v) is 5.86. The van der Waals surface area contributed by atoms with Gasteiger partial charge in [0.25, 0.3) is 5.91 Å². The lowest BCUT2D eigenvalue weighted by Crippen LogP contribution is -2.22. The molecule has 0 saturated heterocycles. The van der Waals surface area contributed by atoms with Crippen LogP contribution in [0.1, 0.15) is 40.4 Å². The second-order valence-electron chi connectivity index (χ2n) is 5.86. The lowest BCUT2D eigenvalue weighted by atomic mass is 10.1. The third-order valence-corrected chi connectivity index (χ3v) is 4.00. The Balaban J connectivity index is 1.42. The molecule has 0 aliphatic heterocycles. The topological polar surface area (TPSA) is 80.9 Å². The summed E-state index contributed by atoms with van der Waals surface area (Å²) in [5.74, 6) is 1.04. The SMILES string of the molecule is O=C(NCc1cncnc1)c1cnc(-c2ccc(C3CC3)cc2)o1. The van der Waals surface area contributed by atoms with Gasteiger partial charge >= 0.3 is 0 Å². The summed E-state index contributed by atoms with van der Waals surface area (Å²) in [5.41, 5.74) is 3.05. The van der Waals surface area contributed by atoms with Crippen molar-refractivity contribution in [1.29, 1.82) is 0 Å². The quantitative estimate of drug-likeness (QED) is 0.781. The number of hydrogen-bond donors (Lipinski definition) is 1. The van der Waals surface area contributed by atoms with E-state index in [4.69, 9.17) is 4.42 Å². The maximum atomic E-state index is 12.1. The molecule has 0 atom stereocenters. The molecule has 0 radical (unpaired) electrons. The van der Waals surface area contributed by atoms with Gasteiger partial charge in [-0.15, -0.1) is 0 Å². The molecule has 1 fully saturated rings. The first kappa shape index (κ1) is 14.6. The third kappa shape index (κ3) is 3.17. The van der Waals surface area contributed by atoms with E-state index in [-0.39, 0.29) is 11.7 Å². The first-order valence-corrected chi connectivity index (χ1v) is 7.88. The van der Waals surface area contributed by atoms with Crippen molar-refractivity contribution in [3.63, 3.8) is 0 Å². The predicted molar refractivity (Wildman–Crippen MR) is 87.1 cm³/mol. The van der Waals surface area contributed by atoms with Crippen LogP contribution in [0.2, 0.25) is 0 Å². The maximum absolute atomic E-state index is 12.1. The van der Waals surface area contributed by atoms with E-state index in [2.05, 4.69) is 32.4 Å². The van der Waals surface area contributed by atoms with Crippen LogP contribution in [0.3, 0.4) is 0 Å². The normalized spacial score (nSPS) is 13.7. The molecule has 6 heteroatoms. The van der Waals surface area contributed by atoms with Crippen molar-refractivity contribution in [1.82, 2.24) is 20.3 Å². The second kappa shape index (κ2) is 6.23. The highest BCUT2D eigenvalue weighted by Gasteiger charge is 2.23. The molecule has 2 aromatic heterocycles. The molecule has 0 bridgehead atoms. The lowest BCUT2D eigenvalue weighted by Gasteiger charge is -2.02. The molecule has 6 nitrogen and oxygen atoms in total. The summed E-state index contributed by atoms with van der Waals surface area (Å²) in [5, 5.41) is 2.76. The average Bonchev–Trinajstić information content (AvgIpc) is 3.37. The van der Waals surface area contributed by atoms with E-state index in [1.807, 2.05) is 12.1 Å². The van der Waals surface area contributed by atoms with Gasteiger partial charge in [-0.05, 0) is 36.5 Å². The number of carbonyl (C=O) groups excluding carboxylic acids is 1. The van der Waals surface area contributed by atoms with Gasteiger partial charge in [0.15, 0.2) is 0 Å². The monoisotopic (exact) mass is 320 g/mol. The van der Waals surface area contributed by atoms with Crippen LogP contribution in [0.5, 0.6) is 0 Å². The first-order chi connectivity index (χ1) is 11.8. The third-order valence-electron chi connectivity index (χ3n) is 4.00. The molecule has 1 N–H and O–H groups in total. The van der Waals surface area contributed by atoms with Crippen LogP contribution >= 0.6 is 0 Å². The number of benzene rings is 1. The van der Waals surface area contributed by atoms with Crippen LogP contribution < -0.4 is 5.32 Å². The van der Waals surface area contributed by atoms with E-state index in [1.165, 1.54) is 30.9 Å². The van der Waals surface area contributed by atoms with Gasteiger partial charge in [-0.1, -0.05) is 12.1 Å². The van der Waals surface area contributed by atoms with E-state index >= 15 is 0 Å². The largest absolute Gasteiger partial charge is 0.431 e. The highest BCUT2D eigenvalue weighted by atomic mass is 16.4. The Bertz CT molecular complexity index is 839. The molecule has 3 aromatic rings. The summed E-state index contributed by atoms with van der Waals surface area (Å²) in [4.78, 5) is 24.1. The Morgan fingerprint density at radius 2 is 1.88 bits per heavy atom. The Labute approximate surface area is 139 Å². The number of nitrogens with zero attached hydrogens (tertiary/aromatic N) is 3. The fourth-order valence-electron chi connectivity index (χ4n) is 2.52. The number of carbonyl (C=O) groups is 1.